The lowest BCUT2D eigenvalue weighted by Gasteiger charge is -2.08. The van der Waals surface area contributed by atoms with Gasteiger partial charge in [0.15, 0.2) is 0 Å². The van der Waals surface area contributed by atoms with Crippen molar-refractivity contribution in [3.8, 4) is 16.9 Å². The summed E-state index contributed by atoms with van der Waals surface area (Å²) in [7, 11) is 0. The Labute approximate surface area is 167 Å². The zero-order chi connectivity index (χ0) is 18.6. The second-order valence-corrected chi connectivity index (χ2v) is 7.56. The van der Waals surface area contributed by atoms with Crippen LogP contribution in [0.1, 0.15) is 17.2 Å². The zero-order valence-electron chi connectivity index (χ0n) is 14.4. The van der Waals surface area contributed by atoms with Crippen molar-refractivity contribution in [3.63, 3.8) is 0 Å². The highest BCUT2D eigenvalue weighted by molar-refractivity contribution is 8.14. The maximum Gasteiger partial charge on any atom is 0.228 e. The third-order valence-corrected chi connectivity index (χ3v) is 5.87. The van der Waals surface area contributed by atoms with Crippen molar-refractivity contribution >= 4 is 28.4 Å². The summed E-state index contributed by atoms with van der Waals surface area (Å²) in [5.41, 5.74) is 4.35. The van der Waals surface area contributed by atoms with Crippen molar-refractivity contribution < 1.29 is 9.13 Å². The van der Waals surface area contributed by atoms with Crippen molar-refractivity contribution in [3.05, 3.63) is 88.9 Å². The van der Waals surface area contributed by atoms with Crippen LogP contribution >= 0.6 is 23.4 Å². The summed E-state index contributed by atoms with van der Waals surface area (Å²) in [5, 5.41) is 1.73. The Morgan fingerprint density at radius 2 is 1.63 bits per heavy atom. The molecule has 1 aliphatic rings. The van der Waals surface area contributed by atoms with Gasteiger partial charge in [-0.25, -0.2) is 4.39 Å². The predicted octanol–water partition coefficient (Wildman–Crippen LogP) is 6.55. The van der Waals surface area contributed by atoms with Crippen LogP contribution in [-0.4, -0.2) is 17.7 Å². The molecule has 0 radical (unpaired) electrons. The van der Waals surface area contributed by atoms with Gasteiger partial charge in [0.1, 0.15) is 10.8 Å². The Morgan fingerprint density at radius 1 is 0.963 bits per heavy atom. The standard InChI is InChI=1S/C22H17ClFNOS/c23-20-4-2-1-3-19(20)22-25-21(13-27-22)17-7-5-15(6-8-17)16-9-11-18(12-10-16)26-14-24/h1-12,21H,13-14H2. The van der Waals surface area contributed by atoms with Crippen LogP contribution in [0.5, 0.6) is 5.75 Å². The number of halogens is 2. The molecule has 5 heteroatoms. The molecule has 1 aliphatic heterocycles. The minimum Gasteiger partial charge on any atom is -0.463 e. The summed E-state index contributed by atoms with van der Waals surface area (Å²) in [5.74, 6) is 1.44. The molecular formula is C22H17ClFNOS. The molecule has 1 heterocycles. The number of thioether (sulfide) groups is 1. The molecule has 3 aromatic carbocycles. The molecule has 0 aliphatic carbocycles. The molecule has 0 bridgehead atoms. The second kappa shape index (κ2) is 8.15. The van der Waals surface area contributed by atoms with E-state index in [-0.39, 0.29) is 6.04 Å². The van der Waals surface area contributed by atoms with Crippen LogP contribution in [0.15, 0.2) is 77.8 Å². The highest BCUT2D eigenvalue weighted by atomic mass is 35.5. The van der Waals surface area contributed by atoms with Gasteiger partial charge in [0.25, 0.3) is 0 Å². The molecule has 0 fully saturated rings. The van der Waals surface area contributed by atoms with Gasteiger partial charge < -0.3 is 4.74 Å². The summed E-state index contributed by atoms with van der Waals surface area (Å²) >= 11 is 8.03. The topological polar surface area (TPSA) is 21.6 Å². The molecule has 27 heavy (non-hydrogen) atoms. The first-order valence-corrected chi connectivity index (χ1v) is 9.95. The number of benzene rings is 3. The van der Waals surface area contributed by atoms with E-state index in [0.717, 1.165) is 32.5 Å². The summed E-state index contributed by atoms with van der Waals surface area (Å²) in [6.45, 7) is -0.815. The molecule has 0 spiro atoms. The predicted molar refractivity (Wildman–Crippen MR) is 112 cm³/mol. The van der Waals surface area contributed by atoms with Crippen molar-refractivity contribution in [1.29, 1.82) is 0 Å². The van der Waals surface area contributed by atoms with Crippen LogP contribution in [0, 0.1) is 0 Å². The minimum atomic E-state index is -0.815. The summed E-state index contributed by atoms with van der Waals surface area (Å²) < 4.78 is 17.1. The smallest absolute Gasteiger partial charge is 0.228 e. The van der Waals surface area contributed by atoms with Crippen molar-refractivity contribution in [2.24, 2.45) is 4.99 Å². The second-order valence-electron chi connectivity index (χ2n) is 6.14. The van der Waals surface area contributed by atoms with Crippen molar-refractivity contribution in [1.82, 2.24) is 0 Å². The number of alkyl halides is 1. The lowest BCUT2D eigenvalue weighted by molar-refractivity contribution is 0.192. The lowest BCUT2D eigenvalue weighted by Crippen LogP contribution is -1.94. The highest BCUT2D eigenvalue weighted by Gasteiger charge is 2.22. The average molecular weight is 398 g/mol. The number of ether oxygens (including phenoxy) is 1. The van der Waals surface area contributed by atoms with E-state index in [1.165, 1.54) is 5.56 Å². The van der Waals surface area contributed by atoms with Gasteiger partial charge in [0, 0.05) is 11.3 Å². The van der Waals surface area contributed by atoms with E-state index >= 15 is 0 Å². The Hall–Kier alpha value is -2.30. The molecule has 2 nitrogen and oxygen atoms in total. The maximum absolute atomic E-state index is 12.2. The molecule has 0 amide bonds. The molecule has 136 valence electrons. The number of hydrogen-bond acceptors (Lipinski definition) is 3. The number of hydrogen-bond donors (Lipinski definition) is 0. The van der Waals surface area contributed by atoms with Crippen molar-refractivity contribution in [2.45, 2.75) is 6.04 Å². The van der Waals surface area contributed by atoms with E-state index in [9.17, 15) is 4.39 Å². The van der Waals surface area contributed by atoms with E-state index in [1.807, 2.05) is 36.4 Å². The normalized spacial score (nSPS) is 16.2. The molecule has 0 saturated carbocycles. The van der Waals surface area contributed by atoms with E-state index in [1.54, 1.807) is 23.9 Å². The monoisotopic (exact) mass is 397 g/mol. The third-order valence-electron chi connectivity index (χ3n) is 4.46. The van der Waals surface area contributed by atoms with Gasteiger partial charge in [-0.2, -0.15) is 0 Å². The Kier molecular flexibility index (Phi) is 5.46. The molecular weight excluding hydrogens is 381 g/mol. The van der Waals surface area contributed by atoms with Crippen LogP contribution in [0.25, 0.3) is 11.1 Å². The summed E-state index contributed by atoms with van der Waals surface area (Å²) in [6, 6.07) is 23.8. The fourth-order valence-electron chi connectivity index (χ4n) is 3.03. The zero-order valence-corrected chi connectivity index (χ0v) is 16.0. The first kappa shape index (κ1) is 18.1. The van der Waals surface area contributed by atoms with Gasteiger partial charge in [-0.3, -0.25) is 4.99 Å². The maximum atomic E-state index is 12.2. The Balaban J connectivity index is 1.52. The number of nitrogens with zero attached hydrogens (tertiary/aromatic N) is 1. The Morgan fingerprint density at radius 3 is 2.30 bits per heavy atom. The van der Waals surface area contributed by atoms with Gasteiger partial charge in [-0.1, -0.05) is 66.2 Å². The lowest BCUT2D eigenvalue weighted by atomic mass is 10.0. The summed E-state index contributed by atoms with van der Waals surface area (Å²) in [4.78, 5) is 4.87. The van der Waals surface area contributed by atoms with Crippen LogP contribution < -0.4 is 4.74 Å². The largest absolute Gasteiger partial charge is 0.463 e. The van der Waals surface area contributed by atoms with Gasteiger partial charge in [-0.15, -0.1) is 11.8 Å². The molecule has 0 saturated heterocycles. The van der Waals surface area contributed by atoms with Crippen LogP contribution in [-0.2, 0) is 0 Å². The van der Waals surface area contributed by atoms with Gasteiger partial charge in [0.2, 0.25) is 6.86 Å². The van der Waals surface area contributed by atoms with Gasteiger partial charge in [-0.05, 0) is 34.9 Å². The Bertz CT molecular complexity index is 957. The minimum absolute atomic E-state index is 0.135. The molecule has 4 rings (SSSR count). The fraction of sp³-hybridized carbons (Fsp3) is 0.136. The van der Waals surface area contributed by atoms with Crippen LogP contribution in [0.2, 0.25) is 5.02 Å². The molecule has 1 atom stereocenters. The van der Waals surface area contributed by atoms with E-state index in [2.05, 4.69) is 24.3 Å². The van der Waals surface area contributed by atoms with E-state index in [4.69, 9.17) is 21.3 Å². The fourth-order valence-corrected chi connectivity index (χ4v) is 4.43. The quantitative estimate of drug-likeness (QED) is 0.487. The first-order valence-electron chi connectivity index (χ1n) is 8.59. The van der Waals surface area contributed by atoms with Crippen LogP contribution in [0.3, 0.4) is 0 Å². The average Bonchev–Trinajstić information content (AvgIpc) is 3.19. The van der Waals surface area contributed by atoms with Gasteiger partial charge in [0.05, 0.1) is 11.1 Å². The number of rotatable bonds is 5. The third kappa shape index (κ3) is 4.02. The SMILES string of the molecule is FCOc1ccc(-c2ccc(C3CSC(c4ccccc4Cl)=N3)cc2)cc1. The van der Waals surface area contributed by atoms with Crippen LogP contribution in [0.4, 0.5) is 4.39 Å². The first-order chi connectivity index (χ1) is 13.2. The van der Waals surface area contributed by atoms with Crippen molar-refractivity contribution in [2.75, 3.05) is 12.6 Å². The molecule has 1 unspecified atom stereocenters. The number of aliphatic imine (C=N–C) groups is 1. The highest BCUT2D eigenvalue weighted by Crippen LogP contribution is 2.35. The van der Waals surface area contributed by atoms with E-state index < -0.39 is 6.86 Å². The van der Waals surface area contributed by atoms with Gasteiger partial charge >= 0.3 is 0 Å². The molecule has 0 N–H and O–H groups in total. The van der Waals surface area contributed by atoms with E-state index in [0.29, 0.717) is 5.75 Å². The molecule has 0 aromatic heterocycles. The molecule has 3 aromatic rings. The summed E-state index contributed by atoms with van der Waals surface area (Å²) in [6.07, 6.45) is 0.